The fourth-order valence-electron chi connectivity index (χ4n) is 2.00. The molecule has 10 heteroatoms. The molecule has 2 amide bonds. The minimum atomic E-state index is -2.73. The van der Waals surface area contributed by atoms with E-state index in [-0.39, 0.29) is 23.3 Å². The van der Waals surface area contributed by atoms with Gasteiger partial charge in [-0.3, -0.25) is 14.9 Å². The molecule has 0 saturated carbocycles. The highest BCUT2D eigenvalue weighted by Gasteiger charge is 2.26. The van der Waals surface area contributed by atoms with Crippen molar-refractivity contribution in [2.45, 2.75) is 11.3 Å². The molecule has 0 atom stereocenters. The van der Waals surface area contributed by atoms with Gasteiger partial charge in [-0.2, -0.15) is 0 Å². The number of nitrogens with one attached hydrogen (secondary N) is 1. The Morgan fingerprint density at radius 3 is 2.87 bits per heavy atom. The Labute approximate surface area is 137 Å². The summed E-state index contributed by atoms with van der Waals surface area (Å²) in [6.07, 6.45) is -2.73. The zero-order chi connectivity index (χ0) is 16.4. The number of rotatable bonds is 4. The summed E-state index contributed by atoms with van der Waals surface area (Å²) >= 11 is 2.02. The minimum Gasteiger partial charge on any atom is -0.301 e. The largest absolute Gasteiger partial charge is 0.301 e. The highest BCUT2D eigenvalue weighted by molar-refractivity contribution is 8.00. The molecule has 0 radical (unpaired) electrons. The molecule has 2 heterocycles. The second-order valence-corrected chi connectivity index (χ2v) is 6.56. The van der Waals surface area contributed by atoms with Crippen LogP contribution in [0.4, 0.5) is 19.6 Å². The van der Waals surface area contributed by atoms with Crippen molar-refractivity contribution < 1.29 is 18.4 Å². The number of thioether (sulfide) groups is 1. The van der Waals surface area contributed by atoms with Crippen molar-refractivity contribution >= 4 is 45.7 Å². The second kappa shape index (κ2) is 6.59. The first-order valence-corrected chi connectivity index (χ1v) is 8.28. The first-order chi connectivity index (χ1) is 11.0. The van der Waals surface area contributed by atoms with Gasteiger partial charge < -0.3 is 4.90 Å². The zero-order valence-electron chi connectivity index (χ0n) is 11.5. The Hall–Kier alpha value is -2.07. The molecule has 1 aromatic heterocycles. The molecule has 1 N–H and O–H groups in total. The van der Waals surface area contributed by atoms with Crippen LogP contribution in [0, 0.1) is 0 Å². The summed E-state index contributed by atoms with van der Waals surface area (Å²) in [6, 6.07) is 7.26. The average molecular weight is 356 g/mol. The number of alkyl halides is 2. The molecule has 0 bridgehead atoms. The molecule has 6 nitrogen and oxygen atoms in total. The zero-order valence-corrected chi connectivity index (χ0v) is 13.2. The molecule has 120 valence electrons. The number of halogens is 2. The summed E-state index contributed by atoms with van der Waals surface area (Å²) < 4.78 is 24.9. The van der Waals surface area contributed by atoms with Crippen molar-refractivity contribution in [2.24, 2.45) is 0 Å². The molecule has 1 aromatic carbocycles. The molecule has 0 unspecified atom stereocenters. The molecular weight excluding hydrogens is 346 g/mol. The molecule has 0 spiro atoms. The average Bonchev–Trinajstić information content (AvgIpc) is 2.99. The van der Waals surface area contributed by atoms with E-state index in [4.69, 9.17) is 0 Å². The Balaban J connectivity index is 1.71. The van der Waals surface area contributed by atoms with Crippen LogP contribution in [0.3, 0.4) is 0 Å². The first kappa shape index (κ1) is 15.8. The monoisotopic (exact) mass is 356 g/mol. The number of aromatic nitrogens is 2. The van der Waals surface area contributed by atoms with E-state index in [1.165, 1.54) is 16.7 Å². The number of nitrogens with zero attached hydrogens (tertiary/aromatic N) is 3. The maximum Gasteiger partial charge on any atom is 0.291 e. The molecular formula is C13H10F2N4O2S2. The van der Waals surface area contributed by atoms with Crippen LogP contribution in [0.15, 0.2) is 29.2 Å². The topological polar surface area (TPSA) is 75.2 Å². The van der Waals surface area contributed by atoms with E-state index < -0.39 is 17.3 Å². The van der Waals surface area contributed by atoms with Gasteiger partial charge in [0.2, 0.25) is 16.9 Å². The summed E-state index contributed by atoms with van der Waals surface area (Å²) in [6.45, 7) is -0.208. The highest BCUT2D eigenvalue weighted by atomic mass is 32.2. The normalized spacial score (nSPS) is 14.0. The first-order valence-electron chi connectivity index (χ1n) is 6.48. The van der Waals surface area contributed by atoms with Crippen molar-refractivity contribution in [1.29, 1.82) is 0 Å². The van der Waals surface area contributed by atoms with Gasteiger partial charge in [-0.25, -0.2) is 8.78 Å². The lowest BCUT2D eigenvalue weighted by molar-refractivity contribution is -0.120. The predicted molar refractivity (Wildman–Crippen MR) is 83.0 cm³/mol. The van der Waals surface area contributed by atoms with Crippen molar-refractivity contribution in [1.82, 2.24) is 10.2 Å². The van der Waals surface area contributed by atoms with Gasteiger partial charge in [0.15, 0.2) is 5.01 Å². The van der Waals surface area contributed by atoms with E-state index in [1.807, 2.05) is 12.1 Å². The smallest absolute Gasteiger partial charge is 0.291 e. The van der Waals surface area contributed by atoms with Gasteiger partial charge >= 0.3 is 0 Å². The lowest BCUT2D eigenvalue weighted by Gasteiger charge is -2.28. The van der Waals surface area contributed by atoms with Gasteiger partial charge in [0.25, 0.3) is 6.43 Å². The molecule has 0 saturated heterocycles. The maximum absolute atomic E-state index is 12.4. The Morgan fingerprint density at radius 1 is 1.35 bits per heavy atom. The number of benzene rings is 1. The summed E-state index contributed by atoms with van der Waals surface area (Å²) in [7, 11) is 0. The van der Waals surface area contributed by atoms with Crippen molar-refractivity contribution in [2.75, 3.05) is 22.5 Å². The van der Waals surface area contributed by atoms with Crippen molar-refractivity contribution in [3.8, 4) is 0 Å². The van der Waals surface area contributed by atoms with E-state index >= 15 is 0 Å². The summed E-state index contributed by atoms with van der Waals surface area (Å²) in [5, 5.41) is 8.68. The van der Waals surface area contributed by atoms with E-state index in [1.54, 1.807) is 12.1 Å². The Bertz CT molecular complexity index is 753. The Kier molecular flexibility index (Phi) is 4.53. The van der Waals surface area contributed by atoms with Gasteiger partial charge in [0.1, 0.15) is 6.54 Å². The second-order valence-electron chi connectivity index (χ2n) is 4.53. The molecule has 23 heavy (non-hydrogen) atoms. The summed E-state index contributed by atoms with van der Waals surface area (Å²) in [4.78, 5) is 26.4. The lowest BCUT2D eigenvalue weighted by atomic mass is 10.2. The summed E-state index contributed by atoms with van der Waals surface area (Å²) in [5.74, 6) is -0.454. The van der Waals surface area contributed by atoms with E-state index in [9.17, 15) is 18.4 Å². The fourth-order valence-corrected chi connectivity index (χ4v) is 3.55. The van der Waals surface area contributed by atoms with Gasteiger partial charge in [0.05, 0.1) is 11.4 Å². The molecule has 2 aromatic rings. The molecule has 3 rings (SSSR count). The van der Waals surface area contributed by atoms with Crippen molar-refractivity contribution in [3.63, 3.8) is 0 Å². The third-order valence-electron chi connectivity index (χ3n) is 2.98. The summed E-state index contributed by atoms with van der Waals surface area (Å²) in [5.41, 5.74) is 0.662. The molecule has 0 fully saturated rings. The number of carbonyl (C=O) groups is 2. The SMILES string of the molecule is O=C(CN1C(=O)CSc2ccccc21)Nc1nnc(C(F)F)s1. The third-order valence-corrected chi connectivity index (χ3v) is 4.88. The van der Waals surface area contributed by atoms with Crippen LogP contribution >= 0.6 is 23.1 Å². The van der Waals surface area contributed by atoms with E-state index in [0.29, 0.717) is 17.0 Å². The number of hydrogen-bond donors (Lipinski definition) is 1. The van der Waals surface area contributed by atoms with Crippen molar-refractivity contribution in [3.05, 3.63) is 29.3 Å². The van der Waals surface area contributed by atoms with Gasteiger partial charge in [0, 0.05) is 4.90 Å². The molecule has 0 aliphatic carbocycles. The van der Waals surface area contributed by atoms with Crippen LogP contribution in [-0.2, 0) is 9.59 Å². The molecule has 1 aliphatic rings. The standard InChI is InChI=1S/C13H10F2N4O2S2/c14-11(15)12-17-18-13(23-12)16-9(20)5-19-7-3-1-2-4-8(7)22-6-10(19)21/h1-4,11H,5-6H2,(H,16,18,20). The van der Waals surface area contributed by atoms with Crippen LogP contribution in [0.2, 0.25) is 0 Å². The van der Waals surface area contributed by atoms with Crippen LogP contribution in [0.1, 0.15) is 11.4 Å². The molecule has 1 aliphatic heterocycles. The van der Waals surface area contributed by atoms with Gasteiger partial charge in [-0.15, -0.1) is 22.0 Å². The minimum absolute atomic E-state index is 0.0163. The number of amides is 2. The number of para-hydroxylation sites is 1. The number of hydrogen-bond acceptors (Lipinski definition) is 6. The van der Waals surface area contributed by atoms with E-state index in [0.717, 1.165) is 4.90 Å². The van der Waals surface area contributed by atoms with Gasteiger partial charge in [-0.1, -0.05) is 23.5 Å². The maximum atomic E-state index is 12.4. The number of fused-ring (bicyclic) bond motifs is 1. The quantitative estimate of drug-likeness (QED) is 0.911. The van der Waals surface area contributed by atoms with E-state index in [2.05, 4.69) is 15.5 Å². The van der Waals surface area contributed by atoms with Crippen LogP contribution in [0.25, 0.3) is 0 Å². The fraction of sp³-hybridized carbons (Fsp3) is 0.231. The Morgan fingerprint density at radius 2 is 2.13 bits per heavy atom. The number of anilines is 2. The van der Waals surface area contributed by atoms with Gasteiger partial charge in [-0.05, 0) is 12.1 Å². The number of carbonyl (C=O) groups excluding carboxylic acids is 2. The highest BCUT2D eigenvalue weighted by Crippen LogP contribution is 2.34. The van der Waals surface area contributed by atoms with Crippen LogP contribution in [0.5, 0.6) is 0 Å². The predicted octanol–water partition coefficient (Wildman–Crippen LogP) is 2.55. The van der Waals surface area contributed by atoms with Crippen LogP contribution in [-0.4, -0.2) is 34.3 Å². The lowest BCUT2D eigenvalue weighted by Crippen LogP contribution is -2.41. The third kappa shape index (κ3) is 3.48. The van der Waals surface area contributed by atoms with Crippen LogP contribution < -0.4 is 10.2 Å².